The number of nitrogens with zero attached hydrogens (tertiary/aromatic N) is 1. The summed E-state index contributed by atoms with van der Waals surface area (Å²) < 4.78 is 10.8. The number of ether oxygens (including phenoxy) is 2. The number of hydrogen-bond acceptors (Lipinski definition) is 3. The van der Waals surface area contributed by atoms with E-state index in [2.05, 4.69) is 28.5 Å². The highest BCUT2D eigenvalue weighted by Gasteiger charge is 2.34. The first kappa shape index (κ1) is 20.9. The van der Waals surface area contributed by atoms with Crippen LogP contribution in [0.1, 0.15) is 28.4 Å². The molecule has 2 amide bonds. The van der Waals surface area contributed by atoms with Crippen molar-refractivity contribution in [2.75, 3.05) is 26.1 Å². The summed E-state index contributed by atoms with van der Waals surface area (Å²) >= 11 is 0. The minimum absolute atomic E-state index is 0.163. The lowest BCUT2D eigenvalue weighted by Gasteiger charge is -2.36. The van der Waals surface area contributed by atoms with Gasteiger partial charge in [0, 0.05) is 23.1 Å². The molecule has 2 heterocycles. The SMILES string of the molecule is COc1ccc([C@@H]2c3[nH]c4ccccc4c3CCN2C(=O)Nc2cc(C)ccc2OC)cc1. The summed E-state index contributed by atoms with van der Waals surface area (Å²) in [5.41, 5.74) is 6.15. The Morgan fingerprint density at radius 2 is 1.82 bits per heavy atom. The number of carbonyl (C=O) groups is 1. The summed E-state index contributed by atoms with van der Waals surface area (Å²) in [6.07, 6.45) is 0.782. The molecule has 0 saturated carbocycles. The van der Waals surface area contributed by atoms with E-state index >= 15 is 0 Å². The summed E-state index contributed by atoms with van der Waals surface area (Å²) in [6, 6.07) is 21.6. The van der Waals surface area contributed by atoms with E-state index in [9.17, 15) is 4.79 Å². The molecule has 1 atom stereocenters. The van der Waals surface area contributed by atoms with E-state index in [0.29, 0.717) is 18.0 Å². The molecule has 0 bridgehead atoms. The number of aromatic amines is 1. The molecule has 0 unspecified atom stereocenters. The Morgan fingerprint density at radius 1 is 1.03 bits per heavy atom. The number of benzene rings is 3. The first-order chi connectivity index (χ1) is 16.1. The summed E-state index contributed by atoms with van der Waals surface area (Å²) in [5.74, 6) is 1.42. The maximum atomic E-state index is 13.6. The van der Waals surface area contributed by atoms with Crippen LogP contribution >= 0.6 is 0 Å². The van der Waals surface area contributed by atoms with E-state index in [-0.39, 0.29) is 12.1 Å². The summed E-state index contributed by atoms with van der Waals surface area (Å²) in [6.45, 7) is 2.60. The number of para-hydroxylation sites is 1. The second-order valence-corrected chi connectivity index (χ2v) is 8.32. The van der Waals surface area contributed by atoms with Gasteiger partial charge in [0.05, 0.1) is 25.9 Å². The van der Waals surface area contributed by atoms with Gasteiger partial charge in [0.15, 0.2) is 0 Å². The van der Waals surface area contributed by atoms with Gasteiger partial charge in [-0.15, -0.1) is 0 Å². The van der Waals surface area contributed by atoms with Crippen molar-refractivity contribution in [3.8, 4) is 11.5 Å². The number of aromatic nitrogens is 1. The zero-order chi connectivity index (χ0) is 22.9. The molecule has 0 fully saturated rings. The number of aryl methyl sites for hydroxylation is 1. The second kappa shape index (κ2) is 8.54. The van der Waals surface area contributed by atoms with Crippen LogP contribution < -0.4 is 14.8 Å². The van der Waals surface area contributed by atoms with Crippen molar-refractivity contribution in [1.82, 2.24) is 9.88 Å². The fourth-order valence-electron chi connectivity index (χ4n) is 4.70. The quantitative estimate of drug-likeness (QED) is 0.429. The predicted molar refractivity (Wildman–Crippen MR) is 130 cm³/mol. The largest absolute Gasteiger partial charge is 0.497 e. The minimum atomic E-state index is -0.247. The standard InChI is InChI=1S/C27H27N3O3/c1-17-8-13-24(33-3)23(16-17)29-27(31)30-15-14-21-20-6-4-5-7-22(20)28-25(21)26(30)18-9-11-19(32-2)12-10-18/h4-13,16,26,28H,14-15H2,1-3H3,(H,29,31)/t26-/m1/s1. The lowest BCUT2D eigenvalue weighted by molar-refractivity contribution is 0.193. The molecule has 6 nitrogen and oxygen atoms in total. The molecule has 0 spiro atoms. The number of nitrogens with one attached hydrogen (secondary N) is 2. The molecular weight excluding hydrogens is 414 g/mol. The fraction of sp³-hybridized carbons (Fsp3) is 0.222. The molecule has 168 valence electrons. The van der Waals surface area contributed by atoms with Gasteiger partial charge in [-0.3, -0.25) is 0 Å². The Bertz CT molecular complexity index is 1310. The third kappa shape index (κ3) is 3.78. The van der Waals surface area contributed by atoms with Crippen LogP contribution in [0.15, 0.2) is 66.7 Å². The van der Waals surface area contributed by atoms with Gasteiger partial charge in [0.2, 0.25) is 0 Å². The van der Waals surface area contributed by atoms with Crippen LogP contribution in [0.3, 0.4) is 0 Å². The maximum absolute atomic E-state index is 13.6. The van der Waals surface area contributed by atoms with E-state index in [1.165, 1.54) is 10.9 Å². The average molecular weight is 442 g/mol. The Kier molecular flexibility index (Phi) is 5.42. The molecule has 4 aromatic rings. The zero-order valence-electron chi connectivity index (χ0n) is 19.0. The molecule has 2 N–H and O–H groups in total. The van der Waals surface area contributed by atoms with Gasteiger partial charge in [-0.2, -0.15) is 0 Å². The first-order valence-corrected chi connectivity index (χ1v) is 11.0. The lowest BCUT2D eigenvalue weighted by atomic mass is 9.92. The van der Waals surface area contributed by atoms with Crippen LogP contribution in [0.25, 0.3) is 10.9 Å². The van der Waals surface area contributed by atoms with Crippen molar-refractivity contribution in [2.24, 2.45) is 0 Å². The van der Waals surface area contributed by atoms with Crippen molar-refractivity contribution in [3.05, 3.63) is 89.1 Å². The van der Waals surface area contributed by atoms with Gasteiger partial charge in [-0.05, 0) is 60.4 Å². The molecule has 0 saturated heterocycles. The van der Waals surface area contributed by atoms with Gasteiger partial charge in [-0.1, -0.05) is 36.4 Å². The number of urea groups is 1. The van der Waals surface area contributed by atoms with Gasteiger partial charge in [0.1, 0.15) is 11.5 Å². The topological polar surface area (TPSA) is 66.6 Å². The van der Waals surface area contributed by atoms with Gasteiger partial charge in [0.25, 0.3) is 0 Å². The number of rotatable bonds is 4. The number of carbonyl (C=O) groups excluding carboxylic acids is 1. The number of hydrogen-bond donors (Lipinski definition) is 2. The highest BCUT2D eigenvalue weighted by atomic mass is 16.5. The van der Waals surface area contributed by atoms with Crippen LogP contribution in [-0.2, 0) is 6.42 Å². The molecule has 0 radical (unpaired) electrons. The Labute approximate surface area is 193 Å². The molecule has 1 aliphatic rings. The molecule has 33 heavy (non-hydrogen) atoms. The smallest absolute Gasteiger partial charge is 0.322 e. The van der Waals surface area contributed by atoms with E-state index in [4.69, 9.17) is 9.47 Å². The highest BCUT2D eigenvalue weighted by molar-refractivity contribution is 5.93. The molecule has 3 aromatic carbocycles. The molecule has 1 aliphatic heterocycles. The third-order valence-corrected chi connectivity index (χ3v) is 6.32. The number of amides is 2. The minimum Gasteiger partial charge on any atom is -0.497 e. The summed E-state index contributed by atoms with van der Waals surface area (Å²) in [4.78, 5) is 19.1. The van der Waals surface area contributed by atoms with Gasteiger partial charge >= 0.3 is 6.03 Å². The molecule has 6 heteroatoms. The van der Waals surface area contributed by atoms with Crippen LogP contribution in [0.4, 0.5) is 10.5 Å². The van der Waals surface area contributed by atoms with E-state index in [1.807, 2.05) is 60.4 Å². The predicted octanol–water partition coefficient (Wildman–Crippen LogP) is 5.67. The van der Waals surface area contributed by atoms with Crippen molar-refractivity contribution in [1.29, 1.82) is 0 Å². The number of anilines is 1. The summed E-state index contributed by atoms with van der Waals surface area (Å²) in [7, 11) is 3.26. The van der Waals surface area contributed by atoms with Crippen molar-refractivity contribution < 1.29 is 14.3 Å². The number of H-pyrrole nitrogens is 1. The number of methoxy groups -OCH3 is 2. The van der Waals surface area contributed by atoms with Crippen molar-refractivity contribution in [3.63, 3.8) is 0 Å². The van der Waals surface area contributed by atoms with Crippen molar-refractivity contribution in [2.45, 2.75) is 19.4 Å². The Hall–Kier alpha value is -3.93. The molecule has 5 rings (SSSR count). The first-order valence-electron chi connectivity index (χ1n) is 11.0. The lowest BCUT2D eigenvalue weighted by Crippen LogP contribution is -2.43. The third-order valence-electron chi connectivity index (χ3n) is 6.32. The van der Waals surface area contributed by atoms with Crippen molar-refractivity contribution >= 4 is 22.6 Å². The van der Waals surface area contributed by atoms with Crippen LogP contribution in [0.2, 0.25) is 0 Å². The molecule has 1 aromatic heterocycles. The maximum Gasteiger partial charge on any atom is 0.322 e. The fourth-order valence-corrected chi connectivity index (χ4v) is 4.70. The molecule has 0 aliphatic carbocycles. The monoisotopic (exact) mass is 441 g/mol. The van der Waals surface area contributed by atoms with Gasteiger partial charge in [-0.25, -0.2) is 4.79 Å². The van der Waals surface area contributed by atoms with Crippen LogP contribution in [-0.4, -0.2) is 36.7 Å². The van der Waals surface area contributed by atoms with E-state index in [1.54, 1.807) is 14.2 Å². The normalized spacial score (nSPS) is 15.2. The Balaban J connectivity index is 1.57. The van der Waals surface area contributed by atoms with Crippen LogP contribution in [0, 0.1) is 6.92 Å². The summed E-state index contributed by atoms with van der Waals surface area (Å²) in [5, 5.41) is 4.30. The molecular formula is C27H27N3O3. The van der Waals surface area contributed by atoms with Gasteiger partial charge < -0.3 is 24.7 Å². The zero-order valence-corrected chi connectivity index (χ0v) is 19.0. The highest BCUT2D eigenvalue weighted by Crippen LogP contribution is 2.39. The van der Waals surface area contributed by atoms with Crippen LogP contribution in [0.5, 0.6) is 11.5 Å². The second-order valence-electron chi connectivity index (χ2n) is 8.32. The van der Waals surface area contributed by atoms with E-state index in [0.717, 1.165) is 34.5 Å². The number of fused-ring (bicyclic) bond motifs is 3. The average Bonchev–Trinajstić information content (AvgIpc) is 3.22. The Morgan fingerprint density at radius 3 is 2.58 bits per heavy atom. The van der Waals surface area contributed by atoms with E-state index < -0.39 is 0 Å².